The molecule has 1 fully saturated rings. The van der Waals surface area contributed by atoms with E-state index in [9.17, 15) is 9.59 Å². The molecule has 1 N–H and O–H groups in total. The number of hydrogen-bond acceptors (Lipinski definition) is 6. The largest absolute Gasteiger partial charge is 0.378 e. The Morgan fingerprint density at radius 2 is 2.00 bits per heavy atom. The third-order valence-electron chi connectivity index (χ3n) is 4.22. The summed E-state index contributed by atoms with van der Waals surface area (Å²) in [6, 6.07) is 6.92. The number of thioether (sulfide) groups is 1. The Kier molecular flexibility index (Phi) is 6.87. The number of amides is 2. The van der Waals surface area contributed by atoms with Gasteiger partial charge in [0.25, 0.3) is 5.91 Å². The summed E-state index contributed by atoms with van der Waals surface area (Å²) in [5.74, 6) is 0.498. The van der Waals surface area contributed by atoms with E-state index in [2.05, 4.69) is 10.3 Å². The molecule has 27 heavy (non-hydrogen) atoms. The second-order valence-electron chi connectivity index (χ2n) is 6.37. The van der Waals surface area contributed by atoms with E-state index in [-0.39, 0.29) is 11.8 Å². The first-order chi connectivity index (χ1) is 13.0. The van der Waals surface area contributed by atoms with Gasteiger partial charge in [0.15, 0.2) is 0 Å². The van der Waals surface area contributed by atoms with Gasteiger partial charge in [0.1, 0.15) is 10.4 Å². The van der Waals surface area contributed by atoms with Gasteiger partial charge in [-0.3, -0.25) is 9.59 Å². The molecule has 1 aliphatic heterocycles. The molecule has 144 valence electrons. The van der Waals surface area contributed by atoms with Gasteiger partial charge >= 0.3 is 0 Å². The molecular weight excluding hydrogens is 382 g/mol. The molecule has 0 radical (unpaired) electrons. The number of nitrogens with one attached hydrogen (secondary N) is 1. The summed E-state index contributed by atoms with van der Waals surface area (Å²) in [6.07, 6.45) is 0. The van der Waals surface area contributed by atoms with Crippen LogP contribution in [0.3, 0.4) is 0 Å². The molecular formula is C19H23N3O3S2. The maximum absolute atomic E-state index is 12.4. The number of aromatic nitrogens is 1. The Labute approximate surface area is 167 Å². The molecule has 0 spiro atoms. The summed E-state index contributed by atoms with van der Waals surface area (Å²) in [5.41, 5.74) is 2.72. The van der Waals surface area contributed by atoms with Crippen LogP contribution in [0.4, 0.5) is 0 Å². The Balaban J connectivity index is 1.51. The zero-order valence-corrected chi connectivity index (χ0v) is 17.1. The fourth-order valence-electron chi connectivity index (χ4n) is 2.70. The van der Waals surface area contributed by atoms with Gasteiger partial charge in [-0.05, 0) is 31.5 Å². The molecule has 8 heteroatoms. The molecule has 2 amide bonds. The summed E-state index contributed by atoms with van der Waals surface area (Å²) in [6.45, 7) is 5.95. The molecule has 1 unspecified atom stereocenters. The van der Waals surface area contributed by atoms with E-state index in [0.29, 0.717) is 31.9 Å². The first kappa shape index (κ1) is 19.9. The Morgan fingerprint density at radius 3 is 2.63 bits per heavy atom. The van der Waals surface area contributed by atoms with Crippen LogP contribution in [0.2, 0.25) is 0 Å². The fraction of sp³-hybridized carbons (Fsp3) is 0.421. The number of rotatable bonds is 6. The van der Waals surface area contributed by atoms with Crippen LogP contribution in [0.5, 0.6) is 0 Å². The van der Waals surface area contributed by atoms with E-state index < -0.39 is 6.04 Å². The van der Waals surface area contributed by atoms with Crippen molar-refractivity contribution in [3.05, 3.63) is 46.5 Å². The second kappa shape index (κ2) is 9.34. The molecule has 1 aromatic carbocycles. The monoisotopic (exact) mass is 405 g/mol. The average molecular weight is 406 g/mol. The SMILES string of the molecule is Cc1csc(SCc2ccc(C(=O)NC(C)C(=O)N3CCOCC3)cc2)n1. The van der Waals surface area contributed by atoms with Crippen LogP contribution in [-0.2, 0) is 15.3 Å². The Bertz CT molecular complexity index is 786. The second-order valence-corrected chi connectivity index (χ2v) is 8.45. The minimum atomic E-state index is -0.557. The molecule has 6 nitrogen and oxygen atoms in total. The van der Waals surface area contributed by atoms with Gasteiger partial charge in [-0.15, -0.1) is 11.3 Å². The normalized spacial score (nSPS) is 15.4. The summed E-state index contributed by atoms with van der Waals surface area (Å²) in [7, 11) is 0. The third-order valence-corrected chi connectivity index (χ3v) is 6.43. The van der Waals surface area contributed by atoms with Crippen LogP contribution in [0.1, 0.15) is 28.5 Å². The van der Waals surface area contributed by atoms with Gasteiger partial charge in [-0.25, -0.2) is 4.98 Å². The summed E-state index contributed by atoms with van der Waals surface area (Å²) in [5, 5.41) is 4.83. The smallest absolute Gasteiger partial charge is 0.251 e. The lowest BCUT2D eigenvalue weighted by molar-refractivity contribution is -0.136. The van der Waals surface area contributed by atoms with Crippen molar-refractivity contribution in [1.82, 2.24) is 15.2 Å². The van der Waals surface area contributed by atoms with Crippen molar-refractivity contribution in [2.75, 3.05) is 26.3 Å². The van der Waals surface area contributed by atoms with Crippen LogP contribution in [0.25, 0.3) is 0 Å². The summed E-state index contributed by atoms with van der Waals surface area (Å²) in [4.78, 5) is 31.0. The first-order valence-electron chi connectivity index (χ1n) is 8.84. The van der Waals surface area contributed by atoms with Crippen molar-refractivity contribution >= 4 is 34.9 Å². The van der Waals surface area contributed by atoms with Crippen LogP contribution < -0.4 is 5.32 Å². The highest BCUT2D eigenvalue weighted by Crippen LogP contribution is 2.26. The van der Waals surface area contributed by atoms with E-state index in [1.54, 1.807) is 47.1 Å². The molecule has 2 aromatic rings. The molecule has 0 bridgehead atoms. The molecule has 0 saturated carbocycles. The van der Waals surface area contributed by atoms with E-state index in [0.717, 1.165) is 21.3 Å². The molecule has 0 aliphatic carbocycles. The lowest BCUT2D eigenvalue weighted by Gasteiger charge is -2.29. The van der Waals surface area contributed by atoms with E-state index in [1.807, 2.05) is 24.4 Å². The van der Waals surface area contributed by atoms with E-state index >= 15 is 0 Å². The molecule has 1 aliphatic rings. The van der Waals surface area contributed by atoms with Crippen molar-refractivity contribution in [2.24, 2.45) is 0 Å². The highest BCUT2D eigenvalue weighted by molar-refractivity contribution is 8.00. The number of hydrogen-bond donors (Lipinski definition) is 1. The zero-order valence-electron chi connectivity index (χ0n) is 15.4. The van der Waals surface area contributed by atoms with Gasteiger partial charge < -0.3 is 15.0 Å². The van der Waals surface area contributed by atoms with Gasteiger partial charge in [0, 0.05) is 35.5 Å². The molecule has 1 aromatic heterocycles. The van der Waals surface area contributed by atoms with Gasteiger partial charge in [-0.2, -0.15) is 0 Å². The summed E-state index contributed by atoms with van der Waals surface area (Å²) < 4.78 is 6.30. The van der Waals surface area contributed by atoms with Gasteiger partial charge in [-0.1, -0.05) is 23.9 Å². The van der Waals surface area contributed by atoms with E-state index in [4.69, 9.17) is 4.74 Å². The predicted molar refractivity (Wildman–Crippen MR) is 107 cm³/mol. The summed E-state index contributed by atoms with van der Waals surface area (Å²) >= 11 is 3.33. The third kappa shape index (κ3) is 5.54. The lowest BCUT2D eigenvalue weighted by Crippen LogP contribution is -2.50. The van der Waals surface area contributed by atoms with Crippen LogP contribution >= 0.6 is 23.1 Å². The molecule has 1 atom stereocenters. The number of nitrogens with zero attached hydrogens (tertiary/aromatic N) is 2. The number of ether oxygens (including phenoxy) is 1. The molecule has 2 heterocycles. The highest BCUT2D eigenvalue weighted by Gasteiger charge is 2.23. The van der Waals surface area contributed by atoms with Crippen molar-refractivity contribution in [1.29, 1.82) is 0 Å². The maximum Gasteiger partial charge on any atom is 0.251 e. The van der Waals surface area contributed by atoms with Crippen LogP contribution in [0.15, 0.2) is 34.0 Å². The lowest BCUT2D eigenvalue weighted by atomic mass is 10.1. The van der Waals surface area contributed by atoms with Gasteiger partial charge in [0.05, 0.1) is 13.2 Å². The first-order valence-corrected chi connectivity index (χ1v) is 10.7. The number of thiazole rings is 1. The van der Waals surface area contributed by atoms with Crippen molar-refractivity contribution in [2.45, 2.75) is 30.0 Å². The predicted octanol–water partition coefficient (Wildman–Crippen LogP) is 2.72. The Hall–Kier alpha value is -1.90. The number of benzene rings is 1. The fourth-order valence-corrected chi connectivity index (χ4v) is 4.50. The topological polar surface area (TPSA) is 71.5 Å². The van der Waals surface area contributed by atoms with Crippen molar-refractivity contribution in [3.8, 4) is 0 Å². The van der Waals surface area contributed by atoms with Crippen molar-refractivity contribution < 1.29 is 14.3 Å². The minimum Gasteiger partial charge on any atom is -0.378 e. The quantitative estimate of drug-likeness (QED) is 0.748. The average Bonchev–Trinajstić information content (AvgIpc) is 3.12. The van der Waals surface area contributed by atoms with Gasteiger partial charge in [0.2, 0.25) is 5.91 Å². The number of carbonyl (C=O) groups is 2. The zero-order chi connectivity index (χ0) is 19.2. The van der Waals surface area contributed by atoms with Crippen LogP contribution in [-0.4, -0.2) is 54.0 Å². The number of carbonyl (C=O) groups excluding carboxylic acids is 2. The number of morpholine rings is 1. The molecule has 1 saturated heterocycles. The maximum atomic E-state index is 12.4. The minimum absolute atomic E-state index is 0.0709. The van der Waals surface area contributed by atoms with E-state index in [1.165, 1.54) is 0 Å². The highest BCUT2D eigenvalue weighted by atomic mass is 32.2. The molecule has 3 rings (SSSR count). The van der Waals surface area contributed by atoms with Crippen molar-refractivity contribution in [3.63, 3.8) is 0 Å². The van der Waals surface area contributed by atoms with Crippen LogP contribution in [0, 0.1) is 6.92 Å². The standard InChI is InChI=1S/C19H23N3O3S2/c1-13-11-26-19(20-13)27-12-15-3-5-16(6-4-15)17(23)21-14(2)18(24)22-7-9-25-10-8-22/h3-6,11,14H,7-10,12H2,1-2H3,(H,21,23). The number of aryl methyl sites for hydroxylation is 1. The Morgan fingerprint density at radius 1 is 1.30 bits per heavy atom.